The van der Waals surface area contributed by atoms with Crippen molar-refractivity contribution < 1.29 is 4.79 Å². The van der Waals surface area contributed by atoms with E-state index >= 15 is 0 Å². The molecule has 2 aromatic heterocycles. The molecule has 0 unspecified atom stereocenters. The molecule has 0 saturated carbocycles. The zero-order valence-electron chi connectivity index (χ0n) is 11.4. The van der Waals surface area contributed by atoms with Crippen molar-refractivity contribution in [2.75, 3.05) is 13.1 Å². The van der Waals surface area contributed by atoms with E-state index < -0.39 is 0 Å². The summed E-state index contributed by atoms with van der Waals surface area (Å²) in [7, 11) is 1.96. The summed E-state index contributed by atoms with van der Waals surface area (Å²) in [4.78, 5) is 14.0. The number of amides is 1. The lowest BCUT2D eigenvalue weighted by Crippen LogP contribution is -2.40. The molecule has 0 spiro atoms. The fourth-order valence-corrected chi connectivity index (χ4v) is 2.70. The van der Waals surface area contributed by atoms with Crippen molar-refractivity contribution in [1.82, 2.24) is 34.9 Å². The molecule has 1 fully saturated rings. The highest BCUT2D eigenvalue weighted by Crippen LogP contribution is 2.27. The van der Waals surface area contributed by atoms with Gasteiger partial charge in [-0.2, -0.15) is 5.10 Å². The monoisotopic (exact) mass is 275 g/mol. The number of rotatable bonds is 3. The maximum atomic E-state index is 12.1. The van der Waals surface area contributed by atoms with E-state index in [1.807, 2.05) is 22.8 Å². The molecule has 2 aromatic rings. The van der Waals surface area contributed by atoms with Gasteiger partial charge in [0.1, 0.15) is 12.9 Å². The van der Waals surface area contributed by atoms with Gasteiger partial charge >= 0.3 is 0 Å². The predicted octanol–water partition coefficient (Wildman–Crippen LogP) is -0.187. The van der Waals surface area contributed by atoms with Gasteiger partial charge in [-0.15, -0.1) is 5.10 Å². The highest BCUT2D eigenvalue weighted by atomic mass is 16.2. The Bertz CT molecular complexity index is 568. The van der Waals surface area contributed by atoms with Gasteiger partial charge in [-0.1, -0.05) is 0 Å². The van der Waals surface area contributed by atoms with Crippen LogP contribution in [0.2, 0.25) is 0 Å². The van der Waals surface area contributed by atoms with Crippen molar-refractivity contribution in [1.29, 1.82) is 0 Å². The summed E-state index contributed by atoms with van der Waals surface area (Å²) in [5, 5.41) is 15.0. The van der Waals surface area contributed by atoms with Crippen molar-refractivity contribution in [3.8, 4) is 0 Å². The summed E-state index contributed by atoms with van der Waals surface area (Å²) >= 11 is 0. The summed E-state index contributed by atoms with van der Waals surface area (Å²) in [6.45, 7) is 1.76. The minimum atomic E-state index is 0.0701. The number of hydrogen-bond acceptors (Lipinski definition) is 5. The molecule has 1 saturated heterocycles. The van der Waals surface area contributed by atoms with E-state index in [1.54, 1.807) is 0 Å². The van der Waals surface area contributed by atoms with E-state index in [0.29, 0.717) is 5.92 Å². The molecular formula is C12H17N7O. The Labute approximate surface area is 116 Å². The standard InChI is InChI=1S/C12H17N7O/c1-17-11(2-5-14-17)10-3-6-18(7-4-10)12(20)8-19-9-13-15-16-19/h2,5,9-10H,3-4,6-8H2,1H3. The maximum absolute atomic E-state index is 12.1. The van der Waals surface area contributed by atoms with Crippen molar-refractivity contribution in [3.05, 3.63) is 24.3 Å². The number of hydrogen-bond donors (Lipinski definition) is 0. The SMILES string of the molecule is Cn1nccc1C1CCN(C(=O)Cn2cnnn2)CC1. The first-order valence-corrected chi connectivity index (χ1v) is 6.70. The Hall–Kier alpha value is -2.25. The molecule has 1 aliphatic heterocycles. The second-order valence-electron chi connectivity index (χ2n) is 5.04. The molecule has 3 heterocycles. The molecule has 0 aliphatic carbocycles. The first-order chi connectivity index (χ1) is 9.74. The second-order valence-corrected chi connectivity index (χ2v) is 5.04. The normalized spacial score (nSPS) is 16.6. The number of tetrazole rings is 1. The minimum Gasteiger partial charge on any atom is -0.341 e. The lowest BCUT2D eigenvalue weighted by Gasteiger charge is -2.32. The van der Waals surface area contributed by atoms with Crippen LogP contribution in [0.25, 0.3) is 0 Å². The molecule has 0 N–H and O–H groups in total. The average molecular weight is 275 g/mol. The van der Waals surface area contributed by atoms with Gasteiger partial charge < -0.3 is 4.90 Å². The van der Waals surface area contributed by atoms with Crippen molar-refractivity contribution in [2.45, 2.75) is 25.3 Å². The van der Waals surface area contributed by atoms with Gasteiger partial charge in [0.25, 0.3) is 0 Å². The third-order valence-electron chi connectivity index (χ3n) is 3.81. The van der Waals surface area contributed by atoms with E-state index in [4.69, 9.17) is 0 Å². The molecule has 0 atom stereocenters. The number of likely N-dealkylation sites (tertiary alicyclic amines) is 1. The van der Waals surface area contributed by atoms with Crippen LogP contribution in [0.1, 0.15) is 24.5 Å². The molecule has 3 rings (SSSR count). The van der Waals surface area contributed by atoms with Crippen LogP contribution in [-0.4, -0.2) is 53.9 Å². The predicted molar refractivity (Wildman–Crippen MR) is 69.6 cm³/mol. The van der Waals surface area contributed by atoms with E-state index in [1.165, 1.54) is 16.7 Å². The van der Waals surface area contributed by atoms with E-state index in [0.717, 1.165) is 25.9 Å². The van der Waals surface area contributed by atoms with E-state index in [2.05, 4.69) is 26.7 Å². The second kappa shape index (κ2) is 5.40. The molecule has 106 valence electrons. The summed E-state index contributed by atoms with van der Waals surface area (Å²) in [5.41, 5.74) is 1.25. The smallest absolute Gasteiger partial charge is 0.244 e. The Morgan fingerprint density at radius 3 is 2.80 bits per heavy atom. The molecule has 0 bridgehead atoms. The van der Waals surface area contributed by atoms with Crippen LogP contribution >= 0.6 is 0 Å². The molecule has 1 amide bonds. The Balaban J connectivity index is 1.56. The fourth-order valence-electron chi connectivity index (χ4n) is 2.70. The summed E-state index contributed by atoms with van der Waals surface area (Å²) in [6, 6.07) is 2.06. The van der Waals surface area contributed by atoms with Gasteiger partial charge in [0.2, 0.25) is 5.91 Å². The molecule has 0 aromatic carbocycles. The minimum absolute atomic E-state index is 0.0701. The first-order valence-electron chi connectivity index (χ1n) is 6.70. The quantitative estimate of drug-likeness (QED) is 0.775. The van der Waals surface area contributed by atoms with Crippen LogP contribution in [0.4, 0.5) is 0 Å². The highest BCUT2D eigenvalue weighted by molar-refractivity contribution is 5.75. The zero-order chi connectivity index (χ0) is 13.9. The van der Waals surface area contributed by atoms with Crippen molar-refractivity contribution in [2.24, 2.45) is 7.05 Å². The van der Waals surface area contributed by atoms with Gasteiger partial charge in [-0.05, 0) is 29.3 Å². The van der Waals surface area contributed by atoms with Gasteiger partial charge in [0, 0.05) is 37.9 Å². The number of aromatic nitrogens is 6. The molecule has 1 aliphatic rings. The summed E-state index contributed by atoms with van der Waals surface area (Å²) < 4.78 is 3.37. The molecule has 20 heavy (non-hydrogen) atoms. The number of carbonyl (C=O) groups excluding carboxylic acids is 1. The van der Waals surface area contributed by atoms with Crippen LogP contribution in [0.3, 0.4) is 0 Å². The van der Waals surface area contributed by atoms with Gasteiger partial charge in [0.05, 0.1) is 0 Å². The fraction of sp³-hybridized carbons (Fsp3) is 0.583. The molecule has 8 nitrogen and oxygen atoms in total. The van der Waals surface area contributed by atoms with Crippen LogP contribution in [-0.2, 0) is 18.4 Å². The summed E-state index contributed by atoms with van der Waals surface area (Å²) in [5.74, 6) is 0.556. The Morgan fingerprint density at radius 1 is 1.40 bits per heavy atom. The van der Waals surface area contributed by atoms with Crippen molar-refractivity contribution in [3.63, 3.8) is 0 Å². The molecular weight excluding hydrogens is 258 g/mol. The topological polar surface area (TPSA) is 81.7 Å². The van der Waals surface area contributed by atoms with Gasteiger partial charge in [-0.3, -0.25) is 9.48 Å². The average Bonchev–Trinajstić information content (AvgIpc) is 3.10. The highest BCUT2D eigenvalue weighted by Gasteiger charge is 2.25. The van der Waals surface area contributed by atoms with Crippen LogP contribution in [0.5, 0.6) is 0 Å². The Kier molecular flexibility index (Phi) is 3.44. The lowest BCUT2D eigenvalue weighted by atomic mass is 9.93. The molecule has 0 radical (unpaired) electrons. The summed E-state index contributed by atoms with van der Waals surface area (Å²) in [6.07, 6.45) is 5.23. The van der Waals surface area contributed by atoms with Gasteiger partial charge in [0.15, 0.2) is 0 Å². The molecule has 8 heteroatoms. The van der Waals surface area contributed by atoms with Crippen LogP contribution < -0.4 is 0 Å². The van der Waals surface area contributed by atoms with E-state index in [9.17, 15) is 4.79 Å². The number of nitrogens with zero attached hydrogens (tertiary/aromatic N) is 7. The third kappa shape index (κ3) is 2.54. The number of carbonyl (C=O) groups is 1. The Morgan fingerprint density at radius 2 is 2.20 bits per heavy atom. The van der Waals surface area contributed by atoms with E-state index in [-0.39, 0.29) is 12.5 Å². The first kappa shape index (κ1) is 12.8. The lowest BCUT2D eigenvalue weighted by molar-refractivity contribution is -0.133. The maximum Gasteiger partial charge on any atom is 0.244 e. The van der Waals surface area contributed by atoms with Crippen LogP contribution in [0, 0.1) is 0 Å². The van der Waals surface area contributed by atoms with Crippen LogP contribution in [0.15, 0.2) is 18.6 Å². The van der Waals surface area contributed by atoms with Crippen molar-refractivity contribution >= 4 is 5.91 Å². The largest absolute Gasteiger partial charge is 0.341 e. The third-order valence-corrected chi connectivity index (χ3v) is 3.81. The zero-order valence-corrected chi connectivity index (χ0v) is 11.4. The number of aryl methyl sites for hydroxylation is 1. The van der Waals surface area contributed by atoms with Gasteiger partial charge in [-0.25, -0.2) is 4.68 Å². The number of piperidine rings is 1.